The Bertz CT molecular complexity index is 1150. The van der Waals surface area contributed by atoms with Crippen LogP contribution in [0.4, 0.5) is 0 Å². The van der Waals surface area contributed by atoms with Gasteiger partial charge in [0, 0.05) is 37.2 Å². The summed E-state index contributed by atoms with van der Waals surface area (Å²) in [5.41, 5.74) is 5.31. The highest BCUT2D eigenvalue weighted by Crippen LogP contribution is 2.39. The molecule has 2 amide bonds. The third-order valence-electron chi connectivity index (χ3n) is 6.77. The van der Waals surface area contributed by atoms with Crippen LogP contribution in [0.3, 0.4) is 0 Å². The van der Waals surface area contributed by atoms with Crippen LogP contribution in [0.1, 0.15) is 56.9 Å². The molecule has 0 fully saturated rings. The van der Waals surface area contributed by atoms with Gasteiger partial charge >= 0.3 is 0 Å². The summed E-state index contributed by atoms with van der Waals surface area (Å²) in [6.45, 7) is 5.91. The van der Waals surface area contributed by atoms with E-state index in [0.717, 1.165) is 18.4 Å². The van der Waals surface area contributed by atoms with Gasteiger partial charge in [-0.3, -0.25) is 9.59 Å². The molecule has 5 nitrogen and oxygen atoms in total. The highest BCUT2D eigenvalue weighted by Gasteiger charge is 2.34. The number of hydrogen-bond donors (Lipinski definition) is 0. The maximum atomic E-state index is 13.8. The minimum Gasteiger partial charge on any atom is -0.385 e. The lowest BCUT2D eigenvalue weighted by Gasteiger charge is -2.38. The van der Waals surface area contributed by atoms with Crippen molar-refractivity contribution in [3.05, 3.63) is 92.7 Å². The zero-order valence-electron chi connectivity index (χ0n) is 20.8. The molecule has 0 radical (unpaired) electrons. The van der Waals surface area contributed by atoms with E-state index in [0.29, 0.717) is 31.7 Å². The van der Waals surface area contributed by atoms with Crippen LogP contribution < -0.4 is 0 Å². The maximum absolute atomic E-state index is 13.8. The van der Waals surface area contributed by atoms with E-state index in [1.807, 2.05) is 41.3 Å². The molecule has 1 atom stereocenters. The fourth-order valence-corrected chi connectivity index (χ4v) is 5.69. The molecule has 0 aliphatic carbocycles. The Balaban J connectivity index is 1.60. The van der Waals surface area contributed by atoms with E-state index in [1.54, 1.807) is 23.3 Å². The second-order valence-electron chi connectivity index (χ2n) is 9.02. The molecule has 0 spiro atoms. The lowest BCUT2D eigenvalue weighted by Crippen LogP contribution is -2.47. The van der Waals surface area contributed by atoms with E-state index in [1.165, 1.54) is 21.6 Å². The van der Waals surface area contributed by atoms with Crippen LogP contribution in [-0.4, -0.2) is 55.0 Å². The molecular weight excluding hydrogens is 456 g/mol. The first-order valence-corrected chi connectivity index (χ1v) is 13.2. The number of carbonyl (C=O) groups excluding carboxylic acids is 2. The average Bonchev–Trinajstić information content (AvgIpc) is 3.37. The lowest BCUT2D eigenvalue weighted by atomic mass is 9.90. The van der Waals surface area contributed by atoms with E-state index in [4.69, 9.17) is 4.74 Å². The number of hydrogen-bond acceptors (Lipinski definition) is 4. The topological polar surface area (TPSA) is 49.9 Å². The van der Waals surface area contributed by atoms with E-state index in [-0.39, 0.29) is 24.4 Å². The molecule has 2 heterocycles. The van der Waals surface area contributed by atoms with Gasteiger partial charge in [-0.05, 0) is 72.0 Å². The normalized spacial score (nSPS) is 15.1. The van der Waals surface area contributed by atoms with Gasteiger partial charge < -0.3 is 14.5 Å². The number of benzene rings is 2. The number of fused-ring (bicyclic) bond motifs is 1. The number of nitrogens with zero attached hydrogens (tertiary/aromatic N) is 2. The Morgan fingerprint density at radius 3 is 2.57 bits per heavy atom. The predicted octanol–water partition coefficient (Wildman–Crippen LogP) is 5.27. The Kier molecular flexibility index (Phi) is 8.37. The van der Waals surface area contributed by atoms with Crippen molar-refractivity contribution in [3.63, 3.8) is 0 Å². The summed E-state index contributed by atoms with van der Waals surface area (Å²) < 4.78 is 5.22. The maximum Gasteiger partial charge on any atom is 0.254 e. The minimum atomic E-state index is -0.126. The fraction of sp³-hybridized carbons (Fsp3) is 0.379. The van der Waals surface area contributed by atoms with Gasteiger partial charge in [0.25, 0.3) is 5.91 Å². The van der Waals surface area contributed by atoms with Crippen molar-refractivity contribution in [3.8, 4) is 0 Å². The van der Waals surface area contributed by atoms with Gasteiger partial charge in [0.1, 0.15) is 6.54 Å². The first-order valence-electron chi connectivity index (χ1n) is 12.3. The molecule has 35 heavy (non-hydrogen) atoms. The van der Waals surface area contributed by atoms with Crippen LogP contribution in [-0.2, 0) is 22.4 Å². The third-order valence-corrected chi connectivity index (χ3v) is 7.76. The molecule has 0 bridgehead atoms. The van der Waals surface area contributed by atoms with Crippen LogP contribution in [0.25, 0.3) is 0 Å². The number of carbonyl (C=O) groups is 2. The summed E-state index contributed by atoms with van der Waals surface area (Å²) in [6, 6.07) is 18.0. The van der Waals surface area contributed by atoms with Crippen molar-refractivity contribution in [1.82, 2.24) is 9.80 Å². The summed E-state index contributed by atoms with van der Waals surface area (Å²) in [6.07, 6.45) is 2.44. The van der Waals surface area contributed by atoms with Crippen molar-refractivity contribution in [2.75, 3.05) is 33.4 Å². The molecule has 0 N–H and O–H groups in total. The van der Waals surface area contributed by atoms with Gasteiger partial charge in [-0.1, -0.05) is 43.3 Å². The molecule has 2 aromatic carbocycles. The predicted molar refractivity (Wildman–Crippen MR) is 141 cm³/mol. The quantitative estimate of drug-likeness (QED) is 0.384. The van der Waals surface area contributed by atoms with Crippen LogP contribution >= 0.6 is 11.3 Å². The van der Waals surface area contributed by atoms with Gasteiger partial charge in [0.15, 0.2) is 0 Å². The van der Waals surface area contributed by atoms with E-state index in [2.05, 4.69) is 37.4 Å². The van der Waals surface area contributed by atoms with E-state index in [9.17, 15) is 9.59 Å². The largest absolute Gasteiger partial charge is 0.385 e. The fourth-order valence-electron chi connectivity index (χ4n) is 4.79. The monoisotopic (exact) mass is 490 g/mol. The molecular formula is C29H34N2O3S. The summed E-state index contributed by atoms with van der Waals surface area (Å²) in [4.78, 5) is 32.2. The van der Waals surface area contributed by atoms with Gasteiger partial charge in [0.05, 0.1) is 6.04 Å². The first kappa shape index (κ1) is 25.1. The van der Waals surface area contributed by atoms with Crippen molar-refractivity contribution in [2.45, 2.75) is 39.2 Å². The molecule has 0 saturated heterocycles. The van der Waals surface area contributed by atoms with Gasteiger partial charge in [-0.2, -0.15) is 0 Å². The number of amides is 2. The number of thiophene rings is 1. The van der Waals surface area contributed by atoms with Crippen molar-refractivity contribution in [2.24, 2.45) is 0 Å². The molecule has 6 heteroatoms. The number of ether oxygens (including phenoxy) is 1. The highest BCUT2D eigenvalue weighted by molar-refractivity contribution is 7.10. The van der Waals surface area contributed by atoms with Crippen molar-refractivity contribution >= 4 is 23.2 Å². The van der Waals surface area contributed by atoms with Crippen LogP contribution in [0.5, 0.6) is 0 Å². The van der Waals surface area contributed by atoms with Gasteiger partial charge in [-0.25, -0.2) is 0 Å². The summed E-state index contributed by atoms with van der Waals surface area (Å²) >= 11 is 1.76. The molecule has 1 unspecified atom stereocenters. The van der Waals surface area contributed by atoms with E-state index >= 15 is 0 Å². The molecule has 3 aromatic rings. The third kappa shape index (κ3) is 5.65. The van der Waals surface area contributed by atoms with Gasteiger partial charge in [-0.15, -0.1) is 11.3 Å². The minimum absolute atomic E-state index is 0.0222. The summed E-state index contributed by atoms with van der Waals surface area (Å²) in [5, 5.41) is 2.12. The van der Waals surface area contributed by atoms with Crippen molar-refractivity contribution in [1.29, 1.82) is 0 Å². The van der Waals surface area contributed by atoms with E-state index < -0.39 is 0 Å². The second kappa shape index (κ2) is 11.6. The molecule has 1 aliphatic heterocycles. The molecule has 1 aliphatic rings. The van der Waals surface area contributed by atoms with Gasteiger partial charge in [0.2, 0.25) is 5.91 Å². The number of rotatable bonds is 9. The molecule has 0 saturated carbocycles. The SMILES string of the molecule is CCc1ccc(C(=O)N(CCCOC)CC(=O)N2CCc3sccc3C2c2ccccc2C)cc1. The van der Waals surface area contributed by atoms with Crippen LogP contribution in [0, 0.1) is 6.92 Å². The number of aryl methyl sites for hydroxylation is 2. The standard InChI is InChI=1S/C29H34N2O3S/c1-4-22-10-12-23(13-11-22)29(33)30(16-7-18-34-3)20-27(32)31-17-14-26-25(15-19-35-26)28(31)24-9-6-5-8-21(24)2/h5-6,8-13,15,19,28H,4,7,14,16-18,20H2,1-3H3. The smallest absolute Gasteiger partial charge is 0.254 e. The van der Waals surface area contributed by atoms with Crippen LogP contribution in [0.15, 0.2) is 60.0 Å². The molecule has 184 valence electrons. The Morgan fingerprint density at radius 2 is 1.86 bits per heavy atom. The highest BCUT2D eigenvalue weighted by atomic mass is 32.1. The zero-order chi connectivity index (χ0) is 24.8. The lowest BCUT2D eigenvalue weighted by molar-refractivity contribution is -0.134. The second-order valence-corrected chi connectivity index (χ2v) is 10.0. The number of methoxy groups -OCH3 is 1. The van der Waals surface area contributed by atoms with Crippen molar-refractivity contribution < 1.29 is 14.3 Å². The Labute approximate surface area is 212 Å². The van der Waals surface area contributed by atoms with Crippen LogP contribution in [0.2, 0.25) is 0 Å². The molecule has 4 rings (SSSR count). The molecule has 1 aromatic heterocycles. The Morgan fingerprint density at radius 1 is 1.09 bits per heavy atom. The first-order chi connectivity index (χ1) is 17.0. The summed E-state index contributed by atoms with van der Waals surface area (Å²) in [5.74, 6) is -0.135. The zero-order valence-corrected chi connectivity index (χ0v) is 21.6. The average molecular weight is 491 g/mol. The Hall–Kier alpha value is -2.96. The summed E-state index contributed by atoms with van der Waals surface area (Å²) in [7, 11) is 1.65.